The minimum absolute atomic E-state index is 0.976. The molecule has 0 heterocycles. The summed E-state index contributed by atoms with van der Waals surface area (Å²) < 4.78 is 0. The number of hydrogen-bond donors (Lipinski definition) is 0. The molecule has 0 unspecified atom stereocenters. The van der Waals surface area contributed by atoms with Crippen LogP contribution in [-0.2, 0) is 0 Å². The van der Waals surface area contributed by atoms with Gasteiger partial charge in [-0.15, -0.1) is 0 Å². The zero-order chi connectivity index (χ0) is 22.5. The average Bonchev–Trinajstić information content (AvgIpc) is 2.75. The van der Waals surface area contributed by atoms with Crippen LogP contribution in [0.1, 0.15) is 47.2 Å². The summed E-state index contributed by atoms with van der Waals surface area (Å²) in [5, 5.41) is 0. The van der Waals surface area contributed by atoms with Crippen molar-refractivity contribution in [1.82, 2.24) is 0 Å². The van der Waals surface area contributed by atoms with Crippen LogP contribution in [0.25, 0.3) is 35.5 Å². The Balaban J connectivity index is 4.48. The van der Waals surface area contributed by atoms with Crippen LogP contribution in [0.3, 0.4) is 0 Å². The van der Waals surface area contributed by atoms with Crippen molar-refractivity contribution < 1.29 is 0 Å². The van der Waals surface area contributed by atoms with Crippen LogP contribution in [0.15, 0.2) is 100 Å². The Morgan fingerprint density at radius 1 is 0.600 bits per heavy atom. The molecule has 1 rings (SSSR count). The molecule has 0 aliphatic rings. The van der Waals surface area contributed by atoms with Crippen molar-refractivity contribution in [2.45, 2.75) is 13.8 Å². The van der Waals surface area contributed by atoms with Gasteiger partial charge < -0.3 is 0 Å². The van der Waals surface area contributed by atoms with Crippen molar-refractivity contribution in [3.05, 3.63) is 134 Å². The third kappa shape index (κ3) is 5.24. The zero-order valence-corrected chi connectivity index (χ0v) is 18.3. The van der Waals surface area contributed by atoms with E-state index in [2.05, 4.69) is 51.6 Å². The summed E-state index contributed by atoms with van der Waals surface area (Å²) in [7, 11) is 0. The van der Waals surface area contributed by atoms with Crippen LogP contribution < -0.4 is 0 Å². The first-order valence-corrected chi connectivity index (χ1v) is 9.91. The monoisotopic (exact) mass is 392 g/mol. The van der Waals surface area contributed by atoms with E-state index in [1.54, 1.807) is 18.2 Å². The minimum Gasteiger partial charge on any atom is -0.0991 e. The predicted molar refractivity (Wildman–Crippen MR) is 142 cm³/mol. The van der Waals surface area contributed by atoms with E-state index in [1.807, 2.05) is 68.5 Å². The van der Waals surface area contributed by atoms with E-state index in [0.717, 1.165) is 44.5 Å². The van der Waals surface area contributed by atoms with Crippen molar-refractivity contribution >= 4 is 35.5 Å². The van der Waals surface area contributed by atoms with Crippen LogP contribution in [0, 0.1) is 0 Å². The van der Waals surface area contributed by atoms with E-state index in [9.17, 15) is 0 Å². The second-order valence-corrected chi connectivity index (χ2v) is 6.33. The molecule has 0 bridgehead atoms. The molecule has 0 fully saturated rings. The summed E-state index contributed by atoms with van der Waals surface area (Å²) >= 11 is 0. The second kappa shape index (κ2) is 12.7. The molecule has 152 valence electrons. The highest BCUT2D eigenvalue weighted by atomic mass is 14.2. The van der Waals surface area contributed by atoms with Crippen LogP contribution in [-0.4, -0.2) is 0 Å². The summed E-state index contributed by atoms with van der Waals surface area (Å²) in [6.07, 6.45) is 27.2. The molecular weight excluding hydrogens is 360 g/mol. The molecule has 0 amide bonds. The third-order valence-electron chi connectivity index (χ3n) is 4.54. The van der Waals surface area contributed by atoms with Gasteiger partial charge in [0, 0.05) is 0 Å². The molecule has 30 heavy (non-hydrogen) atoms. The Labute approximate surface area is 183 Å². The van der Waals surface area contributed by atoms with E-state index in [0.29, 0.717) is 0 Å². The van der Waals surface area contributed by atoms with Crippen LogP contribution in [0.4, 0.5) is 0 Å². The van der Waals surface area contributed by atoms with Gasteiger partial charge in [-0.1, -0.05) is 125 Å². The molecule has 0 spiro atoms. The zero-order valence-electron chi connectivity index (χ0n) is 18.3. The van der Waals surface area contributed by atoms with Gasteiger partial charge in [-0.2, -0.15) is 0 Å². The minimum atomic E-state index is 0.976. The number of allylic oxidation sites excluding steroid dienone is 12. The van der Waals surface area contributed by atoms with Gasteiger partial charge in [-0.05, 0) is 58.4 Å². The summed E-state index contributed by atoms with van der Waals surface area (Å²) in [5.74, 6) is 0. The average molecular weight is 393 g/mol. The predicted octanol–water partition coefficient (Wildman–Crippen LogP) is 9.11. The third-order valence-corrected chi connectivity index (χ3v) is 4.54. The topological polar surface area (TPSA) is 0 Å². The maximum atomic E-state index is 4.14. The van der Waals surface area contributed by atoms with Crippen LogP contribution >= 0.6 is 0 Å². The quantitative estimate of drug-likeness (QED) is 0.329. The first-order valence-electron chi connectivity index (χ1n) is 9.91. The molecule has 0 aliphatic heterocycles. The van der Waals surface area contributed by atoms with Gasteiger partial charge in [0.15, 0.2) is 0 Å². The molecular formula is C30H32. The summed E-state index contributed by atoms with van der Waals surface area (Å²) in [5.41, 5.74) is 8.28. The maximum Gasteiger partial charge on any atom is -0.00267 e. The largest absolute Gasteiger partial charge is 0.0991 e. The first kappa shape index (κ1) is 24.4. The van der Waals surface area contributed by atoms with E-state index >= 15 is 0 Å². The van der Waals surface area contributed by atoms with Crippen molar-refractivity contribution in [3.8, 4) is 0 Å². The van der Waals surface area contributed by atoms with Gasteiger partial charge in [0.05, 0.1) is 0 Å². The Kier molecular flexibility index (Phi) is 10.4. The standard InChI is InChI=1S/C30H32/c1-9-17-22-24(19-11-3)30-26(16-8)27(20-12-4)29(23(14-6)18-10-2)25(15-7)28(30)21-13-5/h9-22H,1-3,6-8H2,4-5H3/b20-12-,21-13-,22-17-,23-18+,24-19+. The normalized spacial score (nSPS) is 12.5. The lowest BCUT2D eigenvalue weighted by atomic mass is 9.80. The molecule has 1 aromatic carbocycles. The van der Waals surface area contributed by atoms with E-state index in [1.165, 1.54) is 0 Å². The lowest BCUT2D eigenvalue weighted by molar-refractivity contribution is 1.44. The molecule has 1 aromatic rings. The van der Waals surface area contributed by atoms with Crippen LogP contribution in [0.2, 0.25) is 0 Å². The Hall–Kier alpha value is -3.64. The molecule has 0 heteroatoms. The molecule has 0 saturated heterocycles. The fraction of sp³-hybridized carbons (Fsp3) is 0.0667. The lowest BCUT2D eigenvalue weighted by Crippen LogP contribution is -2.05. The summed E-state index contributed by atoms with van der Waals surface area (Å²) in [6, 6.07) is 0. The molecule has 0 atom stereocenters. The highest BCUT2D eigenvalue weighted by Crippen LogP contribution is 2.40. The van der Waals surface area contributed by atoms with Crippen molar-refractivity contribution in [2.24, 2.45) is 0 Å². The van der Waals surface area contributed by atoms with Gasteiger partial charge in [0.2, 0.25) is 0 Å². The molecule has 0 aliphatic carbocycles. The van der Waals surface area contributed by atoms with E-state index < -0.39 is 0 Å². The SMILES string of the molecule is C=C/C=C\C(=C/C=C)c1c(C=C)c(/C=C\C)c(/C(C=C)=C/C=C)c(C=C)c1/C=C\C. The smallest absolute Gasteiger partial charge is 0.00267 e. The van der Waals surface area contributed by atoms with E-state index in [-0.39, 0.29) is 0 Å². The summed E-state index contributed by atoms with van der Waals surface area (Å²) in [4.78, 5) is 0. The first-order chi connectivity index (χ1) is 14.6. The van der Waals surface area contributed by atoms with Gasteiger partial charge in [-0.3, -0.25) is 0 Å². The highest BCUT2D eigenvalue weighted by Gasteiger charge is 2.21. The van der Waals surface area contributed by atoms with Gasteiger partial charge >= 0.3 is 0 Å². The number of rotatable bonds is 11. The molecule has 0 radical (unpaired) electrons. The van der Waals surface area contributed by atoms with Crippen LogP contribution in [0.5, 0.6) is 0 Å². The Morgan fingerprint density at radius 2 is 1.07 bits per heavy atom. The second-order valence-electron chi connectivity index (χ2n) is 6.33. The van der Waals surface area contributed by atoms with Gasteiger partial charge in [0.1, 0.15) is 0 Å². The van der Waals surface area contributed by atoms with Gasteiger partial charge in [-0.25, -0.2) is 0 Å². The Bertz CT molecular complexity index is 995. The van der Waals surface area contributed by atoms with E-state index in [4.69, 9.17) is 0 Å². The molecule has 0 N–H and O–H groups in total. The molecule has 0 aromatic heterocycles. The molecule has 0 nitrogen and oxygen atoms in total. The number of benzene rings is 1. The van der Waals surface area contributed by atoms with Crippen molar-refractivity contribution in [2.75, 3.05) is 0 Å². The van der Waals surface area contributed by atoms with Crippen molar-refractivity contribution in [1.29, 1.82) is 0 Å². The van der Waals surface area contributed by atoms with Gasteiger partial charge in [0.25, 0.3) is 0 Å². The molecule has 0 saturated carbocycles. The fourth-order valence-electron chi connectivity index (χ4n) is 3.46. The highest BCUT2D eigenvalue weighted by molar-refractivity contribution is 5.98. The Morgan fingerprint density at radius 3 is 1.43 bits per heavy atom. The lowest BCUT2D eigenvalue weighted by Gasteiger charge is -2.23. The maximum absolute atomic E-state index is 4.14. The number of hydrogen-bond acceptors (Lipinski definition) is 0. The summed E-state index contributed by atoms with van der Waals surface area (Å²) in [6.45, 7) is 27.9. The van der Waals surface area contributed by atoms with Crippen molar-refractivity contribution in [3.63, 3.8) is 0 Å². The fourth-order valence-corrected chi connectivity index (χ4v) is 3.46.